The zero-order chi connectivity index (χ0) is 43.7. The van der Waals surface area contributed by atoms with Crippen molar-refractivity contribution in [3.8, 4) is 89.8 Å². The molecule has 66 heavy (non-hydrogen) atoms. The molecule has 3 heteroatoms. The lowest BCUT2D eigenvalue weighted by molar-refractivity contribution is 0.350. The summed E-state index contributed by atoms with van der Waals surface area (Å²) in [6.07, 6.45) is 12.9. The van der Waals surface area contributed by atoms with Crippen LogP contribution in [-0.2, 0) is 10.8 Å². The first-order valence-electron chi connectivity index (χ1n) is 24.3. The summed E-state index contributed by atoms with van der Waals surface area (Å²) in [5, 5.41) is 0. The summed E-state index contributed by atoms with van der Waals surface area (Å²) in [6, 6.07) is 69.2. The van der Waals surface area contributed by atoms with Crippen LogP contribution in [0, 0.1) is 0 Å². The Bertz CT molecular complexity index is 3270. The van der Waals surface area contributed by atoms with E-state index in [1.165, 1.54) is 109 Å². The first-order chi connectivity index (χ1) is 32.6. The van der Waals surface area contributed by atoms with Crippen LogP contribution in [0.3, 0.4) is 0 Å². The molecule has 2 fully saturated rings. The van der Waals surface area contributed by atoms with Crippen molar-refractivity contribution in [2.24, 2.45) is 0 Å². The topological polar surface area (TPSA) is 38.7 Å². The minimum absolute atomic E-state index is 0.0844. The molecule has 0 saturated heterocycles. The maximum atomic E-state index is 5.04. The average Bonchev–Trinajstić information content (AvgIpc) is 3.80. The fraction of sp³-hybridized carbons (Fsp3) is 0.190. The second-order valence-electron chi connectivity index (χ2n) is 19.3. The van der Waals surface area contributed by atoms with E-state index in [0.29, 0.717) is 17.5 Å². The average molecular weight is 850 g/mol. The fourth-order valence-corrected chi connectivity index (χ4v) is 12.5. The van der Waals surface area contributed by atoms with Crippen molar-refractivity contribution in [1.82, 2.24) is 15.0 Å². The predicted octanol–water partition coefficient (Wildman–Crippen LogP) is 16.3. The van der Waals surface area contributed by atoms with Gasteiger partial charge in [-0.15, -0.1) is 0 Å². The number of hydrogen-bond acceptors (Lipinski definition) is 3. The van der Waals surface area contributed by atoms with Gasteiger partial charge in [-0.25, -0.2) is 15.0 Å². The Morgan fingerprint density at radius 3 is 1.08 bits per heavy atom. The molecule has 3 nitrogen and oxygen atoms in total. The molecular formula is C63H51N3. The van der Waals surface area contributed by atoms with Crippen molar-refractivity contribution in [2.75, 3.05) is 0 Å². The van der Waals surface area contributed by atoms with Crippen LogP contribution in [0.5, 0.6) is 0 Å². The summed E-state index contributed by atoms with van der Waals surface area (Å²) in [5.41, 5.74) is 22.7. The predicted molar refractivity (Wildman–Crippen MR) is 271 cm³/mol. The lowest BCUT2D eigenvalue weighted by Crippen LogP contribution is -2.29. The molecule has 1 aromatic heterocycles. The number of rotatable bonds is 6. The van der Waals surface area contributed by atoms with E-state index >= 15 is 0 Å². The number of hydrogen-bond donors (Lipinski definition) is 0. The van der Waals surface area contributed by atoms with Crippen molar-refractivity contribution in [1.29, 1.82) is 0 Å². The van der Waals surface area contributed by atoms with E-state index in [1.54, 1.807) is 22.3 Å². The van der Waals surface area contributed by atoms with E-state index in [2.05, 4.69) is 164 Å². The monoisotopic (exact) mass is 849 g/mol. The number of fused-ring (bicyclic) bond motifs is 10. The molecule has 9 aromatic rings. The summed E-state index contributed by atoms with van der Waals surface area (Å²) in [7, 11) is 0. The largest absolute Gasteiger partial charge is 0.208 e. The molecule has 0 unspecified atom stereocenters. The molecule has 0 N–H and O–H groups in total. The van der Waals surface area contributed by atoms with Crippen molar-refractivity contribution < 1.29 is 0 Å². The zero-order valence-corrected chi connectivity index (χ0v) is 37.3. The van der Waals surface area contributed by atoms with Crippen LogP contribution < -0.4 is 0 Å². The SMILES string of the molecule is c1ccc(-c2ccc(-c3nc(-c4ccccc4)nc(-c4ccc(-c5ccc(-c6ccc7c(c6)C6(CCCCC6)c6cc8c(cc6-7)C6(CCCCC6)c6ccccc6-8)cc5)cc4)n3)cc2)cc1. The first kappa shape index (κ1) is 39.2. The lowest BCUT2D eigenvalue weighted by atomic mass is 9.66. The highest BCUT2D eigenvalue weighted by atomic mass is 15.0. The molecule has 13 rings (SSSR count). The van der Waals surface area contributed by atoms with Gasteiger partial charge in [-0.3, -0.25) is 0 Å². The van der Waals surface area contributed by atoms with E-state index in [9.17, 15) is 0 Å². The summed E-state index contributed by atoms with van der Waals surface area (Å²) in [6.45, 7) is 0. The van der Waals surface area contributed by atoms with Crippen LogP contribution in [-0.4, -0.2) is 15.0 Å². The van der Waals surface area contributed by atoms with Gasteiger partial charge in [-0.2, -0.15) is 0 Å². The summed E-state index contributed by atoms with van der Waals surface area (Å²) in [4.78, 5) is 15.0. The maximum Gasteiger partial charge on any atom is 0.164 e. The van der Waals surface area contributed by atoms with Gasteiger partial charge in [-0.05, 0) is 122 Å². The van der Waals surface area contributed by atoms with Crippen LogP contribution in [0.4, 0.5) is 0 Å². The molecule has 0 amide bonds. The van der Waals surface area contributed by atoms with Gasteiger partial charge in [0, 0.05) is 27.5 Å². The Labute approximate surface area is 388 Å². The molecule has 0 aliphatic heterocycles. The van der Waals surface area contributed by atoms with Crippen molar-refractivity contribution in [3.05, 3.63) is 210 Å². The summed E-state index contributed by atoms with van der Waals surface area (Å²) < 4.78 is 0. The van der Waals surface area contributed by atoms with Gasteiger partial charge >= 0.3 is 0 Å². The van der Waals surface area contributed by atoms with Gasteiger partial charge in [0.15, 0.2) is 17.5 Å². The Morgan fingerprint density at radius 2 is 0.576 bits per heavy atom. The van der Waals surface area contributed by atoms with Gasteiger partial charge in [0.2, 0.25) is 0 Å². The van der Waals surface area contributed by atoms with Crippen LogP contribution >= 0.6 is 0 Å². The molecule has 2 spiro atoms. The molecule has 0 radical (unpaired) electrons. The smallest absolute Gasteiger partial charge is 0.164 e. The normalized spacial score (nSPS) is 16.1. The van der Waals surface area contributed by atoms with E-state index in [-0.39, 0.29) is 10.8 Å². The minimum Gasteiger partial charge on any atom is -0.208 e. The van der Waals surface area contributed by atoms with Crippen LogP contribution in [0.25, 0.3) is 89.8 Å². The zero-order valence-electron chi connectivity index (χ0n) is 37.3. The quantitative estimate of drug-likeness (QED) is 0.167. The van der Waals surface area contributed by atoms with E-state index in [0.717, 1.165) is 27.8 Å². The summed E-state index contributed by atoms with van der Waals surface area (Å²) in [5.74, 6) is 1.98. The third-order valence-electron chi connectivity index (χ3n) is 15.8. The minimum atomic E-state index is 0.0844. The van der Waals surface area contributed by atoms with E-state index < -0.39 is 0 Å². The Kier molecular flexibility index (Phi) is 9.34. The van der Waals surface area contributed by atoms with Gasteiger partial charge in [0.25, 0.3) is 0 Å². The van der Waals surface area contributed by atoms with E-state index in [1.807, 2.05) is 24.3 Å². The third-order valence-corrected chi connectivity index (χ3v) is 15.8. The van der Waals surface area contributed by atoms with Gasteiger partial charge < -0.3 is 0 Å². The molecule has 0 bridgehead atoms. The second-order valence-corrected chi connectivity index (χ2v) is 19.3. The highest BCUT2D eigenvalue weighted by molar-refractivity contribution is 5.91. The number of benzene rings is 8. The number of nitrogens with zero attached hydrogens (tertiary/aromatic N) is 3. The van der Waals surface area contributed by atoms with Crippen LogP contribution in [0.15, 0.2) is 188 Å². The molecule has 2 saturated carbocycles. The van der Waals surface area contributed by atoms with E-state index in [4.69, 9.17) is 15.0 Å². The maximum absolute atomic E-state index is 5.04. The van der Waals surface area contributed by atoms with Gasteiger partial charge in [0.1, 0.15) is 0 Å². The Hall–Kier alpha value is -7.23. The fourth-order valence-electron chi connectivity index (χ4n) is 12.5. The molecule has 8 aromatic carbocycles. The Balaban J connectivity index is 0.810. The van der Waals surface area contributed by atoms with Crippen LogP contribution in [0.2, 0.25) is 0 Å². The first-order valence-corrected chi connectivity index (χ1v) is 24.3. The van der Waals surface area contributed by atoms with Crippen molar-refractivity contribution in [2.45, 2.75) is 75.0 Å². The highest BCUT2D eigenvalue weighted by Gasteiger charge is 2.49. The second kappa shape index (κ2) is 15.7. The molecule has 4 aliphatic rings. The third kappa shape index (κ3) is 6.35. The Morgan fingerprint density at radius 1 is 0.242 bits per heavy atom. The van der Waals surface area contributed by atoms with Crippen molar-refractivity contribution >= 4 is 0 Å². The van der Waals surface area contributed by atoms with Crippen LogP contribution in [0.1, 0.15) is 86.5 Å². The number of aromatic nitrogens is 3. The van der Waals surface area contributed by atoms with Gasteiger partial charge in [0.05, 0.1) is 0 Å². The summed E-state index contributed by atoms with van der Waals surface area (Å²) >= 11 is 0. The van der Waals surface area contributed by atoms with Crippen molar-refractivity contribution in [3.63, 3.8) is 0 Å². The molecule has 318 valence electrons. The highest BCUT2D eigenvalue weighted by Crippen LogP contribution is 2.62. The molecular weight excluding hydrogens is 799 g/mol. The molecule has 0 atom stereocenters. The molecule has 1 heterocycles. The molecule has 4 aliphatic carbocycles. The lowest BCUT2D eigenvalue weighted by Gasteiger charge is -2.37. The van der Waals surface area contributed by atoms with Gasteiger partial charge in [-0.1, -0.05) is 208 Å². The standard InChI is InChI=1S/C63H51N3/c1-5-15-42(16-6-1)43-25-29-48(30-26-43)60-64-59(47-17-7-2-8-18-47)65-61(66-60)49-31-27-45(28-32-49)44-21-23-46(24-22-44)50-33-34-52-54-41-57-53(40-58(54)63(56(52)39-50)37-13-4-14-38-63)51-19-9-10-20-55(51)62(57)35-11-3-12-36-62/h1-2,5-10,15-34,39-41H,3-4,11-14,35-38H2.